The molecule has 2 aromatic carbocycles. The van der Waals surface area contributed by atoms with E-state index in [0.717, 1.165) is 6.54 Å². The third kappa shape index (κ3) is 3.07. The smallest absolute Gasteiger partial charge is 0.239 e. The molecule has 128 valence electrons. The molecule has 4 rings (SSSR count). The van der Waals surface area contributed by atoms with Crippen molar-refractivity contribution in [1.29, 1.82) is 0 Å². The third-order valence-electron chi connectivity index (χ3n) is 4.76. The normalized spacial score (nSPS) is 17.6. The van der Waals surface area contributed by atoms with Crippen LogP contribution in [0.3, 0.4) is 0 Å². The van der Waals surface area contributed by atoms with E-state index in [1.54, 1.807) is 0 Å². The van der Waals surface area contributed by atoms with Gasteiger partial charge in [0.25, 0.3) is 0 Å². The predicted octanol–water partition coefficient (Wildman–Crippen LogP) is 4.65. The van der Waals surface area contributed by atoms with Crippen LogP contribution in [0.15, 0.2) is 42.5 Å². The van der Waals surface area contributed by atoms with E-state index in [2.05, 4.69) is 59.3 Å². The molecule has 3 aromatic rings. The average molecular weight is 369 g/mol. The van der Waals surface area contributed by atoms with Gasteiger partial charge in [0, 0.05) is 28.4 Å². The summed E-state index contributed by atoms with van der Waals surface area (Å²) in [6.07, 6.45) is 3.06. The number of benzene rings is 2. The molecule has 1 aliphatic heterocycles. The summed E-state index contributed by atoms with van der Waals surface area (Å²) in [7, 11) is 0. The van der Waals surface area contributed by atoms with Crippen LogP contribution in [0.4, 0.5) is 0 Å². The van der Waals surface area contributed by atoms with Crippen molar-refractivity contribution in [2.24, 2.45) is 0 Å². The number of hydrogen-bond acceptors (Lipinski definition) is 3. The van der Waals surface area contributed by atoms with Crippen LogP contribution < -0.4 is 5.32 Å². The van der Waals surface area contributed by atoms with Crippen molar-refractivity contribution in [3.05, 3.63) is 48.0 Å². The van der Waals surface area contributed by atoms with Crippen LogP contribution in [0.5, 0.6) is 0 Å². The number of carbonyl (C=O) groups excluding carboxylic acids is 1. The van der Waals surface area contributed by atoms with E-state index < -0.39 is 0 Å². The minimum atomic E-state index is -0.113. The maximum Gasteiger partial charge on any atom is 0.239 e. The summed E-state index contributed by atoms with van der Waals surface area (Å²) in [5, 5.41) is 5.18. The minimum Gasteiger partial charge on any atom is -0.340 e. The van der Waals surface area contributed by atoms with Gasteiger partial charge in [0.15, 0.2) is 0 Å². The summed E-state index contributed by atoms with van der Waals surface area (Å²) in [5.41, 5.74) is 3.75. The summed E-state index contributed by atoms with van der Waals surface area (Å²) >= 11 is 6.56. The lowest BCUT2D eigenvalue weighted by atomic mass is 10.1. The highest BCUT2D eigenvalue weighted by Crippen LogP contribution is 2.31. The van der Waals surface area contributed by atoms with Crippen molar-refractivity contribution in [3.8, 4) is 0 Å². The molecule has 1 fully saturated rings. The molecule has 0 saturated carbocycles. The lowest BCUT2D eigenvalue weighted by molar-refractivity contribution is -0.118. The first-order chi connectivity index (χ1) is 12.2. The average Bonchev–Trinajstić information content (AvgIpc) is 3.09. The molecule has 5 heteroatoms. The third-order valence-corrected chi connectivity index (χ3v) is 6.13. The van der Waals surface area contributed by atoms with Crippen molar-refractivity contribution in [1.82, 2.24) is 9.88 Å². The second-order valence-electron chi connectivity index (χ2n) is 6.46. The van der Waals surface area contributed by atoms with Crippen LogP contribution in [0.1, 0.15) is 25.3 Å². The van der Waals surface area contributed by atoms with Gasteiger partial charge in [-0.15, -0.1) is 0 Å². The first-order valence-electron chi connectivity index (χ1n) is 8.68. The Morgan fingerprint density at radius 2 is 1.96 bits per heavy atom. The molecule has 0 spiro atoms. The van der Waals surface area contributed by atoms with Crippen LogP contribution in [0.2, 0.25) is 0 Å². The van der Waals surface area contributed by atoms with Gasteiger partial charge in [-0.05, 0) is 36.6 Å². The Balaban J connectivity index is 1.76. The summed E-state index contributed by atoms with van der Waals surface area (Å²) in [6, 6.07) is 15.2. The van der Waals surface area contributed by atoms with Crippen LogP contribution >= 0.6 is 24.0 Å². The Morgan fingerprint density at radius 3 is 2.72 bits per heavy atom. The fraction of sp³-hybridized carbons (Fsp3) is 0.300. The fourth-order valence-electron chi connectivity index (χ4n) is 3.53. The van der Waals surface area contributed by atoms with Crippen molar-refractivity contribution in [2.45, 2.75) is 38.0 Å². The molecule has 3 nitrogen and oxygen atoms in total. The molecule has 0 bridgehead atoms. The van der Waals surface area contributed by atoms with Crippen molar-refractivity contribution in [3.63, 3.8) is 0 Å². The van der Waals surface area contributed by atoms with Gasteiger partial charge < -0.3 is 9.88 Å². The van der Waals surface area contributed by atoms with Crippen molar-refractivity contribution >= 4 is 56.0 Å². The molecule has 1 amide bonds. The molecule has 1 aromatic heterocycles. The number of fused-ring (bicyclic) bond motifs is 3. The quantitative estimate of drug-likeness (QED) is 0.666. The van der Waals surface area contributed by atoms with Crippen LogP contribution in [-0.2, 0) is 17.8 Å². The first kappa shape index (κ1) is 16.6. The number of para-hydroxylation sites is 1. The second-order valence-corrected chi connectivity index (χ2v) is 8.34. The summed E-state index contributed by atoms with van der Waals surface area (Å²) in [5.74, 6) is 0.0282. The Morgan fingerprint density at radius 1 is 1.16 bits per heavy atom. The number of carbonyl (C=O) groups is 1. The molecular formula is C20H20N2OS2. The largest absolute Gasteiger partial charge is 0.340 e. The Bertz CT molecular complexity index is 976. The summed E-state index contributed by atoms with van der Waals surface area (Å²) < 4.78 is 3.01. The van der Waals surface area contributed by atoms with E-state index in [1.807, 2.05) is 0 Å². The highest BCUT2D eigenvalue weighted by atomic mass is 32.2. The van der Waals surface area contributed by atoms with E-state index in [4.69, 9.17) is 12.2 Å². The zero-order chi connectivity index (χ0) is 17.4. The Labute approximate surface area is 156 Å². The minimum absolute atomic E-state index is 0.0282. The molecule has 1 atom stereocenters. The monoisotopic (exact) mass is 368 g/mol. The number of nitrogens with zero attached hydrogens (tertiary/aromatic N) is 1. The van der Waals surface area contributed by atoms with Gasteiger partial charge in [0.2, 0.25) is 5.91 Å². The van der Waals surface area contributed by atoms with E-state index in [0.29, 0.717) is 10.7 Å². The van der Waals surface area contributed by atoms with Crippen LogP contribution in [0, 0.1) is 0 Å². The highest BCUT2D eigenvalue weighted by Gasteiger charge is 2.29. The number of unbranched alkanes of at least 4 members (excludes halogenated alkanes) is 1. The number of aryl methyl sites for hydroxylation is 1. The first-order valence-corrected chi connectivity index (χ1v) is 9.97. The predicted molar refractivity (Wildman–Crippen MR) is 110 cm³/mol. The van der Waals surface area contributed by atoms with Crippen LogP contribution in [-0.4, -0.2) is 20.0 Å². The molecule has 1 aliphatic rings. The zero-order valence-electron chi connectivity index (χ0n) is 14.1. The number of thioether (sulfide) groups is 1. The molecule has 25 heavy (non-hydrogen) atoms. The van der Waals surface area contributed by atoms with Gasteiger partial charge >= 0.3 is 0 Å². The second kappa shape index (κ2) is 6.81. The van der Waals surface area contributed by atoms with Gasteiger partial charge in [-0.2, -0.15) is 0 Å². The Hall–Kier alpha value is -1.85. The zero-order valence-corrected chi connectivity index (χ0v) is 15.8. The molecular weight excluding hydrogens is 348 g/mol. The van der Waals surface area contributed by atoms with Gasteiger partial charge in [-0.25, -0.2) is 0 Å². The molecule has 0 radical (unpaired) electrons. The van der Waals surface area contributed by atoms with Crippen molar-refractivity contribution in [2.75, 3.05) is 0 Å². The Kier molecular flexibility index (Phi) is 4.52. The summed E-state index contributed by atoms with van der Waals surface area (Å²) in [6.45, 7) is 3.26. The standard InChI is InChI=1S/C20H20N2OS2/c1-2-3-10-22-16-7-5-4-6-14(16)15-11-13(8-9-17(15)22)12-18-19(23)21-20(24)25-18/h4-9,11,18H,2-3,10,12H2,1H3,(H,21,23,24). The lowest BCUT2D eigenvalue weighted by Crippen LogP contribution is -2.25. The number of hydrogen-bond donors (Lipinski definition) is 1. The number of nitrogens with one attached hydrogen (secondary N) is 1. The number of aromatic nitrogens is 1. The maximum absolute atomic E-state index is 12.0. The van der Waals surface area contributed by atoms with Crippen LogP contribution in [0.25, 0.3) is 21.8 Å². The van der Waals surface area contributed by atoms with Gasteiger partial charge in [-0.3, -0.25) is 4.79 Å². The molecule has 1 unspecified atom stereocenters. The van der Waals surface area contributed by atoms with Gasteiger partial charge in [-0.1, -0.05) is 61.6 Å². The van der Waals surface area contributed by atoms with Crippen molar-refractivity contribution < 1.29 is 4.79 Å². The fourth-order valence-corrected chi connectivity index (χ4v) is 4.84. The van der Waals surface area contributed by atoms with E-state index >= 15 is 0 Å². The molecule has 2 heterocycles. The maximum atomic E-state index is 12.0. The number of rotatable bonds is 5. The molecule has 1 saturated heterocycles. The van der Waals surface area contributed by atoms with E-state index in [1.165, 1.54) is 52.0 Å². The molecule has 0 aliphatic carbocycles. The topological polar surface area (TPSA) is 34.0 Å². The van der Waals surface area contributed by atoms with E-state index in [-0.39, 0.29) is 11.2 Å². The SMILES string of the molecule is CCCCn1c2ccccc2c2cc(CC3SC(=S)NC3=O)ccc21. The number of thiocarbonyl (C=S) groups is 1. The van der Waals surface area contributed by atoms with Gasteiger partial charge in [0.1, 0.15) is 4.32 Å². The van der Waals surface area contributed by atoms with E-state index in [9.17, 15) is 4.79 Å². The summed E-state index contributed by atoms with van der Waals surface area (Å²) in [4.78, 5) is 12.0. The lowest BCUT2D eigenvalue weighted by Gasteiger charge is -2.08. The highest BCUT2D eigenvalue weighted by molar-refractivity contribution is 8.24. The number of amides is 1. The molecule has 1 N–H and O–H groups in total. The van der Waals surface area contributed by atoms with Gasteiger partial charge in [0.05, 0.1) is 5.25 Å².